The Hall–Kier alpha value is -3.71. The summed E-state index contributed by atoms with van der Waals surface area (Å²) in [7, 11) is 0. The Bertz CT molecular complexity index is 1310. The highest BCUT2D eigenvalue weighted by Crippen LogP contribution is 2.28. The first kappa shape index (κ1) is 19.6. The van der Waals surface area contributed by atoms with E-state index >= 15 is 0 Å². The lowest BCUT2D eigenvalue weighted by Gasteiger charge is -2.06. The van der Waals surface area contributed by atoms with E-state index in [1.54, 1.807) is 18.2 Å². The normalized spacial score (nSPS) is 10.9. The van der Waals surface area contributed by atoms with Crippen molar-refractivity contribution in [2.75, 3.05) is 5.32 Å². The molecule has 0 unspecified atom stereocenters. The van der Waals surface area contributed by atoms with E-state index in [1.165, 1.54) is 17.7 Å². The first-order valence-electron chi connectivity index (χ1n) is 9.05. The van der Waals surface area contributed by atoms with Gasteiger partial charge in [-0.25, -0.2) is 4.98 Å². The molecule has 0 aliphatic carbocycles. The minimum absolute atomic E-state index is 0.00115. The van der Waals surface area contributed by atoms with Crippen LogP contribution in [0, 0.1) is 24.0 Å². The number of anilines is 1. The Morgan fingerprint density at radius 3 is 2.57 bits per heavy atom. The van der Waals surface area contributed by atoms with Crippen molar-refractivity contribution in [1.29, 1.82) is 0 Å². The molecule has 0 aliphatic heterocycles. The van der Waals surface area contributed by atoms with Crippen molar-refractivity contribution in [2.45, 2.75) is 13.8 Å². The maximum Gasteiger partial charge on any atom is 0.270 e. The van der Waals surface area contributed by atoms with E-state index in [-0.39, 0.29) is 16.3 Å². The molecule has 0 spiro atoms. The number of carbonyl (C=O) groups excluding carboxylic acids is 1. The second-order valence-corrected chi connectivity index (χ2v) is 7.28. The highest BCUT2D eigenvalue weighted by atomic mass is 35.5. The van der Waals surface area contributed by atoms with Gasteiger partial charge >= 0.3 is 0 Å². The van der Waals surface area contributed by atoms with E-state index in [0.29, 0.717) is 22.7 Å². The summed E-state index contributed by atoms with van der Waals surface area (Å²) in [6, 6.07) is 14.8. The zero-order valence-corrected chi connectivity index (χ0v) is 16.9. The number of non-ortho nitro benzene ring substituents is 1. The number of nitro groups is 1. The summed E-state index contributed by atoms with van der Waals surface area (Å²) in [5.41, 5.74) is 4.84. The largest absolute Gasteiger partial charge is 0.436 e. The van der Waals surface area contributed by atoms with Crippen LogP contribution in [0.5, 0.6) is 0 Å². The van der Waals surface area contributed by atoms with Crippen molar-refractivity contribution in [3.05, 3.63) is 86.4 Å². The van der Waals surface area contributed by atoms with Gasteiger partial charge in [-0.2, -0.15) is 0 Å². The molecule has 0 atom stereocenters. The summed E-state index contributed by atoms with van der Waals surface area (Å²) < 4.78 is 5.84. The fourth-order valence-electron chi connectivity index (χ4n) is 3.00. The van der Waals surface area contributed by atoms with Crippen molar-refractivity contribution in [1.82, 2.24) is 4.98 Å². The third kappa shape index (κ3) is 3.75. The zero-order valence-electron chi connectivity index (χ0n) is 16.1. The number of fused-ring (bicyclic) bond motifs is 1. The van der Waals surface area contributed by atoms with E-state index in [4.69, 9.17) is 16.0 Å². The van der Waals surface area contributed by atoms with Crippen LogP contribution >= 0.6 is 11.6 Å². The van der Waals surface area contributed by atoms with Gasteiger partial charge in [0.2, 0.25) is 5.89 Å². The number of nitrogens with zero attached hydrogens (tertiary/aromatic N) is 2. The van der Waals surface area contributed by atoms with Gasteiger partial charge < -0.3 is 9.73 Å². The van der Waals surface area contributed by atoms with Gasteiger partial charge in [0.1, 0.15) is 5.52 Å². The van der Waals surface area contributed by atoms with Gasteiger partial charge in [-0.1, -0.05) is 17.7 Å². The summed E-state index contributed by atoms with van der Waals surface area (Å²) in [6.07, 6.45) is 0. The molecular weight excluding hydrogens is 406 g/mol. The summed E-state index contributed by atoms with van der Waals surface area (Å²) >= 11 is 6.03. The number of carbonyl (C=O) groups is 1. The maximum absolute atomic E-state index is 12.5. The van der Waals surface area contributed by atoms with Gasteiger partial charge in [0, 0.05) is 23.4 Å². The topological polar surface area (TPSA) is 98.3 Å². The van der Waals surface area contributed by atoms with E-state index in [1.807, 2.05) is 32.0 Å². The van der Waals surface area contributed by atoms with Crippen molar-refractivity contribution in [3.63, 3.8) is 0 Å². The fourth-order valence-corrected chi connectivity index (χ4v) is 3.26. The van der Waals surface area contributed by atoms with Crippen LogP contribution in [0.25, 0.3) is 22.6 Å². The second-order valence-electron chi connectivity index (χ2n) is 6.88. The zero-order chi connectivity index (χ0) is 21.4. The molecule has 1 amide bonds. The van der Waals surface area contributed by atoms with Gasteiger partial charge in [0.15, 0.2) is 5.58 Å². The molecule has 0 aliphatic rings. The van der Waals surface area contributed by atoms with Gasteiger partial charge in [-0.05, 0) is 61.4 Å². The molecule has 30 heavy (non-hydrogen) atoms. The quantitative estimate of drug-likeness (QED) is 0.325. The molecule has 0 radical (unpaired) electrons. The number of amides is 1. The molecule has 1 heterocycles. The average Bonchev–Trinajstić information content (AvgIpc) is 3.13. The minimum Gasteiger partial charge on any atom is -0.436 e. The molecule has 3 aromatic carbocycles. The molecule has 0 bridgehead atoms. The van der Waals surface area contributed by atoms with Crippen LogP contribution < -0.4 is 5.32 Å². The minimum atomic E-state index is -0.570. The highest BCUT2D eigenvalue weighted by molar-refractivity contribution is 6.34. The van der Waals surface area contributed by atoms with Crippen LogP contribution in [0.3, 0.4) is 0 Å². The summed E-state index contributed by atoms with van der Waals surface area (Å²) in [6.45, 7) is 4.07. The van der Waals surface area contributed by atoms with E-state index in [9.17, 15) is 14.9 Å². The number of nitrogens with one attached hydrogen (secondary N) is 1. The van der Waals surface area contributed by atoms with Crippen molar-refractivity contribution >= 4 is 40.0 Å². The third-order valence-corrected chi connectivity index (χ3v) is 5.12. The molecule has 0 saturated heterocycles. The van der Waals surface area contributed by atoms with Crippen LogP contribution in [0.15, 0.2) is 59.0 Å². The summed E-state index contributed by atoms with van der Waals surface area (Å²) in [4.78, 5) is 27.3. The first-order valence-corrected chi connectivity index (χ1v) is 9.43. The Balaban J connectivity index is 1.60. The van der Waals surface area contributed by atoms with E-state index < -0.39 is 10.8 Å². The molecule has 150 valence electrons. The predicted octanol–water partition coefficient (Wildman–Crippen LogP) is 5.93. The standard InChI is InChI=1S/C22H16ClN3O4/c1-12-3-4-14(9-13(12)2)22-25-19-10-15(5-8-20(19)30-22)24-21(27)17-7-6-16(26(28)29)11-18(17)23/h3-11H,1-2H3,(H,24,27). The highest BCUT2D eigenvalue weighted by Gasteiger charge is 2.16. The van der Waals surface area contributed by atoms with Crippen molar-refractivity contribution in [2.24, 2.45) is 0 Å². The van der Waals surface area contributed by atoms with E-state index in [0.717, 1.165) is 17.2 Å². The van der Waals surface area contributed by atoms with Crippen LogP contribution in [-0.4, -0.2) is 15.8 Å². The lowest BCUT2D eigenvalue weighted by atomic mass is 10.1. The van der Waals surface area contributed by atoms with Crippen LogP contribution in [0.1, 0.15) is 21.5 Å². The van der Waals surface area contributed by atoms with Crippen LogP contribution in [0.4, 0.5) is 11.4 Å². The number of hydrogen-bond donors (Lipinski definition) is 1. The molecule has 4 aromatic rings. The molecule has 1 N–H and O–H groups in total. The number of hydrogen-bond acceptors (Lipinski definition) is 5. The average molecular weight is 422 g/mol. The number of halogens is 1. The Labute approximate surface area is 176 Å². The fraction of sp³-hybridized carbons (Fsp3) is 0.0909. The second kappa shape index (κ2) is 7.61. The third-order valence-electron chi connectivity index (χ3n) is 4.81. The molecule has 4 rings (SSSR count). The van der Waals surface area contributed by atoms with Crippen molar-refractivity contribution in [3.8, 4) is 11.5 Å². The Morgan fingerprint density at radius 1 is 1.07 bits per heavy atom. The number of rotatable bonds is 4. The van der Waals surface area contributed by atoms with Gasteiger partial charge in [0.05, 0.1) is 15.5 Å². The maximum atomic E-state index is 12.5. The molecule has 7 nitrogen and oxygen atoms in total. The van der Waals surface area contributed by atoms with Crippen LogP contribution in [-0.2, 0) is 0 Å². The lowest BCUT2D eigenvalue weighted by Crippen LogP contribution is -2.12. The molecule has 1 aromatic heterocycles. The lowest BCUT2D eigenvalue weighted by molar-refractivity contribution is -0.384. The van der Waals surface area contributed by atoms with Gasteiger partial charge in [-0.3, -0.25) is 14.9 Å². The number of aryl methyl sites for hydroxylation is 2. The Kier molecular flexibility index (Phi) is 4.97. The summed E-state index contributed by atoms with van der Waals surface area (Å²) in [5, 5.41) is 13.6. The molecular formula is C22H16ClN3O4. The first-order chi connectivity index (χ1) is 14.3. The number of benzene rings is 3. The van der Waals surface area contributed by atoms with E-state index in [2.05, 4.69) is 10.3 Å². The molecule has 8 heteroatoms. The van der Waals surface area contributed by atoms with Gasteiger partial charge in [-0.15, -0.1) is 0 Å². The predicted molar refractivity (Wildman–Crippen MR) is 115 cm³/mol. The van der Waals surface area contributed by atoms with Crippen molar-refractivity contribution < 1.29 is 14.1 Å². The number of aromatic nitrogens is 1. The smallest absolute Gasteiger partial charge is 0.270 e. The molecule has 0 saturated carbocycles. The molecule has 0 fully saturated rings. The monoisotopic (exact) mass is 421 g/mol. The number of oxazole rings is 1. The number of nitro benzene ring substituents is 1. The summed E-state index contributed by atoms with van der Waals surface area (Å²) in [5.74, 6) is 0.0158. The Morgan fingerprint density at radius 2 is 1.87 bits per heavy atom. The SMILES string of the molecule is Cc1ccc(-c2nc3cc(NC(=O)c4ccc([N+](=O)[O-])cc4Cl)ccc3o2)cc1C. The van der Waals surface area contributed by atoms with Crippen LogP contribution in [0.2, 0.25) is 5.02 Å². The van der Waals surface area contributed by atoms with Gasteiger partial charge in [0.25, 0.3) is 11.6 Å².